The predicted molar refractivity (Wildman–Crippen MR) is 75.8 cm³/mol. The lowest BCUT2D eigenvalue weighted by Gasteiger charge is -2.04. The van der Waals surface area contributed by atoms with Gasteiger partial charge in [-0.25, -0.2) is 0 Å². The number of benzene rings is 1. The molecule has 0 saturated carbocycles. The van der Waals surface area contributed by atoms with Crippen molar-refractivity contribution >= 4 is 40.9 Å². The lowest BCUT2D eigenvalue weighted by atomic mass is 10.3. The highest BCUT2D eigenvalue weighted by Crippen LogP contribution is 2.14. The summed E-state index contributed by atoms with van der Waals surface area (Å²) in [5.74, 6) is 0.737. The van der Waals surface area contributed by atoms with Crippen molar-refractivity contribution in [1.82, 2.24) is 0 Å². The van der Waals surface area contributed by atoms with Crippen LogP contribution in [0.3, 0.4) is 0 Å². The quantitative estimate of drug-likeness (QED) is 0.755. The number of nitrogens with two attached hydrogens (primary N) is 1. The molecular weight excluding hydrogens is 272 g/mol. The van der Waals surface area contributed by atoms with Gasteiger partial charge >= 0.3 is 0 Å². The third kappa shape index (κ3) is 6.51. The fourth-order valence-corrected chi connectivity index (χ4v) is 2.12. The van der Waals surface area contributed by atoms with Crippen LogP contribution in [0.25, 0.3) is 0 Å². The summed E-state index contributed by atoms with van der Waals surface area (Å²) in [5, 5.41) is 3.39. The van der Waals surface area contributed by atoms with Gasteiger partial charge in [-0.2, -0.15) is 11.8 Å². The van der Waals surface area contributed by atoms with E-state index in [9.17, 15) is 9.59 Å². The van der Waals surface area contributed by atoms with E-state index in [0.717, 1.165) is 11.4 Å². The van der Waals surface area contributed by atoms with Crippen molar-refractivity contribution in [1.29, 1.82) is 0 Å². The topological polar surface area (TPSA) is 72.2 Å². The van der Waals surface area contributed by atoms with Gasteiger partial charge < -0.3 is 11.1 Å². The highest BCUT2D eigenvalue weighted by molar-refractivity contribution is 7.99. The first-order valence-electron chi connectivity index (χ1n) is 5.49. The zero-order valence-electron chi connectivity index (χ0n) is 9.82. The van der Waals surface area contributed by atoms with Gasteiger partial charge in [-0.1, -0.05) is 11.6 Å². The van der Waals surface area contributed by atoms with E-state index in [2.05, 4.69) is 5.32 Å². The van der Waals surface area contributed by atoms with Crippen molar-refractivity contribution in [2.24, 2.45) is 5.73 Å². The van der Waals surface area contributed by atoms with E-state index in [1.165, 1.54) is 11.8 Å². The number of thioether (sulfide) groups is 1. The maximum atomic E-state index is 11.5. The van der Waals surface area contributed by atoms with Crippen LogP contribution in [0.15, 0.2) is 24.3 Å². The maximum absolute atomic E-state index is 11.5. The van der Waals surface area contributed by atoms with Crippen LogP contribution in [0.2, 0.25) is 5.02 Å². The molecule has 0 unspecified atom stereocenters. The number of nitrogens with one attached hydrogen (secondary N) is 1. The zero-order chi connectivity index (χ0) is 13.4. The van der Waals surface area contributed by atoms with Gasteiger partial charge in [0.05, 0.1) is 5.75 Å². The van der Waals surface area contributed by atoms with Crippen LogP contribution >= 0.6 is 23.4 Å². The van der Waals surface area contributed by atoms with Crippen molar-refractivity contribution in [2.75, 3.05) is 16.8 Å². The number of hydrogen-bond donors (Lipinski definition) is 2. The molecule has 0 aromatic heterocycles. The highest BCUT2D eigenvalue weighted by atomic mass is 35.5. The van der Waals surface area contributed by atoms with Gasteiger partial charge in [0.1, 0.15) is 0 Å². The number of hydrogen-bond acceptors (Lipinski definition) is 3. The predicted octanol–water partition coefficient (Wildman–Crippen LogP) is 2.28. The Kier molecular flexibility index (Phi) is 6.60. The molecule has 0 aliphatic carbocycles. The smallest absolute Gasteiger partial charge is 0.234 e. The van der Waals surface area contributed by atoms with Crippen LogP contribution in [0.5, 0.6) is 0 Å². The Labute approximate surface area is 115 Å². The molecule has 0 atom stereocenters. The first kappa shape index (κ1) is 14.9. The van der Waals surface area contributed by atoms with E-state index in [1.807, 2.05) is 0 Å². The molecule has 0 saturated heterocycles. The number of carbonyl (C=O) groups excluding carboxylic acids is 2. The molecule has 1 aromatic carbocycles. The second-order valence-electron chi connectivity index (χ2n) is 3.68. The van der Waals surface area contributed by atoms with Gasteiger partial charge in [-0.3, -0.25) is 9.59 Å². The van der Waals surface area contributed by atoms with Gasteiger partial charge in [-0.15, -0.1) is 0 Å². The monoisotopic (exact) mass is 286 g/mol. The Morgan fingerprint density at radius 2 is 1.94 bits per heavy atom. The molecule has 0 aliphatic heterocycles. The molecule has 4 nitrogen and oxygen atoms in total. The van der Waals surface area contributed by atoms with Gasteiger partial charge in [0.2, 0.25) is 11.8 Å². The maximum Gasteiger partial charge on any atom is 0.234 e. The summed E-state index contributed by atoms with van der Waals surface area (Å²) in [6.45, 7) is 0. The minimum Gasteiger partial charge on any atom is -0.370 e. The fourth-order valence-electron chi connectivity index (χ4n) is 1.24. The standard InChI is InChI=1S/C12H15ClN2O2S/c13-9-3-5-10(6-4-9)15-12(17)8-18-7-1-2-11(14)16/h3-6H,1-2,7-8H2,(H2,14,16)(H,15,17). The number of carbonyl (C=O) groups is 2. The minimum atomic E-state index is -0.304. The Bertz CT molecular complexity index is 409. The lowest BCUT2D eigenvalue weighted by molar-refractivity contribution is -0.118. The van der Waals surface area contributed by atoms with E-state index < -0.39 is 0 Å². The van der Waals surface area contributed by atoms with E-state index in [0.29, 0.717) is 23.6 Å². The number of primary amides is 1. The van der Waals surface area contributed by atoms with Crippen LogP contribution in [0, 0.1) is 0 Å². The van der Waals surface area contributed by atoms with Gasteiger partial charge in [0.15, 0.2) is 0 Å². The number of halogens is 1. The molecule has 0 aliphatic rings. The molecule has 0 bridgehead atoms. The molecule has 18 heavy (non-hydrogen) atoms. The Morgan fingerprint density at radius 1 is 1.28 bits per heavy atom. The molecule has 98 valence electrons. The van der Waals surface area contributed by atoms with Crippen molar-refractivity contribution in [2.45, 2.75) is 12.8 Å². The van der Waals surface area contributed by atoms with Crippen LogP contribution < -0.4 is 11.1 Å². The second-order valence-corrected chi connectivity index (χ2v) is 5.22. The summed E-state index contributed by atoms with van der Waals surface area (Å²) >= 11 is 7.22. The Hall–Kier alpha value is -1.20. The van der Waals surface area contributed by atoms with Gasteiger partial charge in [-0.05, 0) is 36.4 Å². The van der Waals surface area contributed by atoms with E-state index >= 15 is 0 Å². The third-order valence-electron chi connectivity index (χ3n) is 2.07. The average Bonchev–Trinajstić information content (AvgIpc) is 2.31. The number of rotatable bonds is 7. The molecule has 6 heteroatoms. The molecule has 0 fully saturated rings. The first-order chi connectivity index (χ1) is 8.58. The fraction of sp³-hybridized carbons (Fsp3) is 0.333. The molecular formula is C12H15ClN2O2S. The van der Waals surface area contributed by atoms with E-state index in [4.69, 9.17) is 17.3 Å². The zero-order valence-corrected chi connectivity index (χ0v) is 11.4. The van der Waals surface area contributed by atoms with Gasteiger partial charge in [0.25, 0.3) is 0 Å². The van der Waals surface area contributed by atoms with Crippen LogP contribution in [-0.2, 0) is 9.59 Å². The van der Waals surface area contributed by atoms with Crippen LogP contribution in [0.1, 0.15) is 12.8 Å². The summed E-state index contributed by atoms with van der Waals surface area (Å²) in [6, 6.07) is 6.93. The van der Waals surface area contributed by atoms with E-state index in [-0.39, 0.29) is 11.8 Å². The molecule has 2 amide bonds. The van der Waals surface area contributed by atoms with Crippen molar-refractivity contribution in [3.63, 3.8) is 0 Å². The van der Waals surface area contributed by atoms with Crippen LogP contribution in [0.4, 0.5) is 5.69 Å². The number of anilines is 1. The molecule has 3 N–H and O–H groups in total. The third-order valence-corrected chi connectivity index (χ3v) is 3.37. The van der Waals surface area contributed by atoms with Gasteiger partial charge in [0, 0.05) is 17.1 Å². The molecule has 0 radical (unpaired) electrons. The summed E-state index contributed by atoms with van der Waals surface area (Å²) in [5.41, 5.74) is 5.73. The first-order valence-corrected chi connectivity index (χ1v) is 7.02. The van der Waals surface area contributed by atoms with Crippen molar-refractivity contribution in [3.05, 3.63) is 29.3 Å². The van der Waals surface area contributed by atoms with Crippen molar-refractivity contribution < 1.29 is 9.59 Å². The normalized spacial score (nSPS) is 10.1. The minimum absolute atomic E-state index is 0.0682. The average molecular weight is 287 g/mol. The summed E-state index contributed by atoms with van der Waals surface area (Å²) in [6.07, 6.45) is 1.07. The SMILES string of the molecule is NC(=O)CCCSCC(=O)Nc1ccc(Cl)cc1. The molecule has 1 rings (SSSR count). The highest BCUT2D eigenvalue weighted by Gasteiger charge is 2.03. The molecule has 0 heterocycles. The van der Waals surface area contributed by atoms with Crippen molar-refractivity contribution in [3.8, 4) is 0 Å². The Balaban J connectivity index is 2.17. The summed E-state index contributed by atoms with van der Waals surface area (Å²) in [4.78, 5) is 22.0. The molecule has 1 aromatic rings. The Morgan fingerprint density at radius 3 is 2.56 bits per heavy atom. The molecule has 0 spiro atoms. The van der Waals surface area contributed by atoms with Crippen LogP contribution in [-0.4, -0.2) is 23.3 Å². The number of amides is 2. The summed E-state index contributed by atoms with van der Waals surface area (Å²) in [7, 11) is 0. The second kappa shape index (κ2) is 8.00. The largest absolute Gasteiger partial charge is 0.370 e. The van der Waals surface area contributed by atoms with E-state index in [1.54, 1.807) is 24.3 Å². The summed E-state index contributed by atoms with van der Waals surface area (Å²) < 4.78 is 0. The lowest BCUT2D eigenvalue weighted by Crippen LogP contribution is -2.14.